The zero-order valence-corrected chi connectivity index (χ0v) is 15.4. The summed E-state index contributed by atoms with van der Waals surface area (Å²) in [6.07, 6.45) is 1.78. The number of nitrogens with zero attached hydrogens (tertiary/aromatic N) is 1. The zero-order chi connectivity index (χ0) is 14.8. The van der Waals surface area contributed by atoms with Gasteiger partial charge in [0.2, 0.25) is 5.91 Å². The number of aromatic nitrogens is 1. The van der Waals surface area contributed by atoms with E-state index in [9.17, 15) is 4.79 Å². The molecule has 0 spiro atoms. The fourth-order valence-corrected chi connectivity index (χ4v) is 2.26. The average molecular weight is 364 g/mol. The number of nitrogens with one attached hydrogen (secondary N) is 1. The van der Waals surface area contributed by atoms with Gasteiger partial charge in [0.15, 0.2) is 0 Å². The smallest absolute Gasteiger partial charge is 0.244 e. The van der Waals surface area contributed by atoms with Crippen molar-refractivity contribution < 1.29 is 37.5 Å². The molecule has 3 rings (SSSR count). The van der Waals surface area contributed by atoms with Crippen molar-refractivity contribution in [1.29, 1.82) is 0 Å². The van der Waals surface area contributed by atoms with Crippen LogP contribution >= 0.6 is 0 Å². The topological polar surface area (TPSA) is 42.0 Å². The minimum Gasteiger partial charge on any atom is -0.375 e. The predicted molar refractivity (Wildman–Crippen MR) is 84.4 cm³/mol. The molecule has 1 radical (unpaired) electrons. The number of fused-ring (bicyclic) bond motifs is 1. The first-order chi connectivity index (χ1) is 10.1. The number of benzene rings is 2. The van der Waals surface area contributed by atoms with Crippen molar-refractivity contribution in [3.63, 3.8) is 0 Å². The summed E-state index contributed by atoms with van der Waals surface area (Å²) in [6, 6.07) is 16.0. The second kappa shape index (κ2) is 7.12. The number of rotatable bonds is 2. The number of pyridine rings is 1. The molecule has 1 amide bonds. The molecule has 3 aromatic rings. The summed E-state index contributed by atoms with van der Waals surface area (Å²) < 4.78 is 0. The number of hydrogen-bond donors (Lipinski definition) is 1. The van der Waals surface area contributed by atoms with E-state index in [4.69, 9.17) is 0 Å². The molecule has 1 heterocycles. The van der Waals surface area contributed by atoms with Crippen LogP contribution in [-0.4, -0.2) is 10.9 Å². The molecule has 0 unspecified atom stereocenters. The average Bonchev–Trinajstić information content (AvgIpc) is 2.50. The summed E-state index contributed by atoms with van der Waals surface area (Å²) >= 11 is 0. The third-order valence-electron chi connectivity index (χ3n) is 3.55. The van der Waals surface area contributed by atoms with Crippen molar-refractivity contribution in [2.45, 2.75) is 13.8 Å². The number of hydrogen-bond acceptors (Lipinski definition) is 2. The molecule has 0 aliphatic rings. The minimum absolute atomic E-state index is 0. The van der Waals surface area contributed by atoms with Crippen LogP contribution in [0.5, 0.6) is 0 Å². The molecular formula is C18H15N2OY-. The van der Waals surface area contributed by atoms with Crippen molar-refractivity contribution in [3.8, 4) is 0 Å². The van der Waals surface area contributed by atoms with Gasteiger partial charge in [-0.05, 0) is 36.8 Å². The van der Waals surface area contributed by atoms with Crippen LogP contribution in [0.2, 0.25) is 0 Å². The zero-order valence-electron chi connectivity index (χ0n) is 12.6. The Morgan fingerprint density at radius 3 is 2.73 bits per heavy atom. The van der Waals surface area contributed by atoms with Crippen molar-refractivity contribution in [3.05, 3.63) is 71.4 Å². The first-order valence-corrected chi connectivity index (χ1v) is 6.78. The molecule has 0 saturated carbocycles. The molecule has 0 bridgehead atoms. The third kappa shape index (κ3) is 3.42. The van der Waals surface area contributed by atoms with Crippen LogP contribution in [0.1, 0.15) is 21.5 Å². The first kappa shape index (κ1) is 16.8. The van der Waals surface area contributed by atoms with Gasteiger partial charge in [-0.3, -0.25) is 9.78 Å². The maximum atomic E-state index is 12.4. The summed E-state index contributed by atoms with van der Waals surface area (Å²) in [5.74, 6) is -0.122. The maximum absolute atomic E-state index is 12.4. The molecule has 1 N–H and O–H groups in total. The molecule has 0 aliphatic heterocycles. The van der Waals surface area contributed by atoms with Gasteiger partial charge < -0.3 is 5.32 Å². The van der Waals surface area contributed by atoms with Crippen LogP contribution < -0.4 is 5.32 Å². The summed E-state index contributed by atoms with van der Waals surface area (Å²) in [7, 11) is 0. The van der Waals surface area contributed by atoms with E-state index in [0.29, 0.717) is 5.56 Å². The molecule has 0 atom stereocenters. The summed E-state index contributed by atoms with van der Waals surface area (Å²) in [5.41, 5.74) is 4.43. The van der Waals surface area contributed by atoms with E-state index in [1.807, 2.05) is 44.2 Å². The Bertz CT molecular complexity index is 830. The Hall–Kier alpha value is -1.58. The van der Waals surface area contributed by atoms with Gasteiger partial charge in [-0.1, -0.05) is 12.6 Å². The Kier molecular flexibility index (Phi) is 5.44. The van der Waals surface area contributed by atoms with E-state index in [0.717, 1.165) is 27.7 Å². The summed E-state index contributed by atoms with van der Waals surface area (Å²) in [4.78, 5) is 16.7. The Morgan fingerprint density at radius 1 is 1.14 bits per heavy atom. The van der Waals surface area contributed by atoms with Gasteiger partial charge in [-0.2, -0.15) is 24.3 Å². The number of amides is 1. The maximum Gasteiger partial charge on any atom is 0.244 e. The number of aryl methyl sites for hydroxylation is 2. The normalized spacial score (nSPS) is 10.1. The number of carbonyl (C=O) groups is 1. The second-order valence-electron chi connectivity index (χ2n) is 5.05. The van der Waals surface area contributed by atoms with Gasteiger partial charge >= 0.3 is 0 Å². The molecular weight excluding hydrogens is 349 g/mol. The Morgan fingerprint density at radius 2 is 1.95 bits per heavy atom. The fraction of sp³-hybridized carbons (Fsp3) is 0.111. The SMILES string of the molecule is Cc1cc[c-]cc1NC(=O)c1ccc2nccc(C)c2c1.[Y]. The molecule has 107 valence electrons. The van der Waals surface area contributed by atoms with Gasteiger partial charge in [-0.25, -0.2) is 0 Å². The molecule has 4 heteroatoms. The molecule has 2 aromatic carbocycles. The van der Waals surface area contributed by atoms with Crippen LogP contribution in [0.25, 0.3) is 10.9 Å². The molecule has 0 aliphatic carbocycles. The largest absolute Gasteiger partial charge is 0.375 e. The molecule has 1 aromatic heterocycles. The van der Waals surface area contributed by atoms with E-state index in [1.54, 1.807) is 18.3 Å². The fourth-order valence-electron chi connectivity index (χ4n) is 2.26. The van der Waals surface area contributed by atoms with E-state index >= 15 is 0 Å². The van der Waals surface area contributed by atoms with E-state index in [-0.39, 0.29) is 38.6 Å². The second-order valence-corrected chi connectivity index (χ2v) is 5.05. The standard InChI is InChI=1S/C18H15N2O.Y/c1-12-9-10-19-17-8-7-14(11-15(12)17)18(21)20-16-6-4-3-5-13(16)2;/h3,5-11H,1-2H3,(H,20,21);/q-1;. The Labute approximate surface area is 155 Å². The third-order valence-corrected chi connectivity index (χ3v) is 3.55. The van der Waals surface area contributed by atoms with Crippen LogP contribution in [0.4, 0.5) is 5.69 Å². The van der Waals surface area contributed by atoms with Crippen molar-refractivity contribution >= 4 is 22.5 Å². The molecule has 22 heavy (non-hydrogen) atoms. The number of anilines is 1. The predicted octanol–water partition coefficient (Wildman–Crippen LogP) is 3.90. The van der Waals surface area contributed by atoms with Gasteiger partial charge in [0, 0.05) is 49.9 Å². The van der Waals surface area contributed by atoms with Crippen molar-refractivity contribution in [2.75, 3.05) is 5.32 Å². The van der Waals surface area contributed by atoms with Crippen LogP contribution in [0.15, 0.2) is 48.7 Å². The summed E-state index contributed by atoms with van der Waals surface area (Å²) in [5, 5.41) is 3.92. The van der Waals surface area contributed by atoms with Crippen LogP contribution in [0.3, 0.4) is 0 Å². The Balaban J connectivity index is 0.00000176. The van der Waals surface area contributed by atoms with Crippen LogP contribution in [0, 0.1) is 19.9 Å². The van der Waals surface area contributed by atoms with Crippen LogP contribution in [-0.2, 0) is 32.7 Å². The van der Waals surface area contributed by atoms with Crippen molar-refractivity contribution in [2.24, 2.45) is 0 Å². The monoisotopic (exact) mass is 364 g/mol. The van der Waals surface area contributed by atoms with Gasteiger partial charge in [0.1, 0.15) is 0 Å². The minimum atomic E-state index is -0.122. The van der Waals surface area contributed by atoms with E-state index in [2.05, 4.69) is 16.4 Å². The number of carbonyl (C=O) groups excluding carboxylic acids is 1. The van der Waals surface area contributed by atoms with Gasteiger partial charge in [0.25, 0.3) is 0 Å². The quantitative estimate of drug-likeness (QED) is 0.701. The molecule has 3 nitrogen and oxygen atoms in total. The van der Waals surface area contributed by atoms with E-state index < -0.39 is 0 Å². The molecule has 0 fully saturated rings. The summed E-state index contributed by atoms with van der Waals surface area (Å²) in [6.45, 7) is 3.97. The van der Waals surface area contributed by atoms with Gasteiger partial charge in [0.05, 0.1) is 5.52 Å². The first-order valence-electron chi connectivity index (χ1n) is 6.78. The van der Waals surface area contributed by atoms with Crippen molar-refractivity contribution in [1.82, 2.24) is 4.98 Å². The van der Waals surface area contributed by atoms with Gasteiger partial charge in [-0.15, -0.1) is 5.56 Å². The molecule has 0 saturated heterocycles. The van der Waals surface area contributed by atoms with E-state index in [1.165, 1.54) is 0 Å².